The molecule has 0 atom stereocenters. The summed E-state index contributed by atoms with van der Waals surface area (Å²) in [6.07, 6.45) is 0. The van der Waals surface area contributed by atoms with Gasteiger partial charge in [0.25, 0.3) is 0 Å². The smallest absolute Gasteiger partial charge is 0.189 e. The number of aryl methyl sites for hydroxylation is 1. The van der Waals surface area contributed by atoms with Gasteiger partial charge >= 0.3 is 0 Å². The second kappa shape index (κ2) is 9.45. The number of nitrogens with zero attached hydrogens (tertiary/aromatic N) is 3. The number of rotatable bonds is 6. The molecule has 0 aliphatic rings. The molecule has 0 aliphatic heterocycles. The van der Waals surface area contributed by atoms with Crippen molar-refractivity contribution in [2.45, 2.75) is 13.1 Å². The Morgan fingerprint density at radius 2 is 1.89 bits per heavy atom. The van der Waals surface area contributed by atoms with Crippen molar-refractivity contribution < 1.29 is 9.47 Å². The lowest BCUT2D eigenvalue weighted by Crippen LogP contribution is -2.32. The highest BCUT2D eigenvalue weighted by Gasteiger charge is 2.07. The fourth-order valence-electron chi connectivity index (χ4n) is 2.73. The van der Waals surface area contributed by atoms with Gasteiger partial charge in [0.15, 0.2) is 17.5 Å². The number of nitrogens with two attached hydrogens (primary N) is 1. The van der Waals surface area contributed by atoms with Gasteiger partial charge in [-0.05, 0) is 29.8 Å². The number of hydrogen-bond donors (Lipinski definition) is 2. The van der Waals surface area contributed by atoms with Gasteiger partial charge in [0, 0.05) is 7.05 Å². The van der Waals surface area contributed by atoms with E-state index in [4.69, 9.17) is 15.2 Å². The molecule has 0 spiro atoms. The van der Waals surface area contributed by atoms with E-state index < -0.39 is 0 Å². The third kappa shape index (κ3) is 4.82. The van der Waals surface area contributed by atoms with Crippen LogP contribution in [0.5, 0.6) is 11.5 Å². The highest BCUT2D eigenvalue weighted by Crippen LogP contribution is 2.27. The molecule has 27 heavy (non-hydrogen) atoms. The Morgan fingerprint density at radius 1 is 1.15 bits per heavy atom. The zero-order chi connectivity index (χ0) is 18.5. The predicted molar refractivity (Wildman–Crippen MR) is 118 cm³/mol. The van der Waals surface area contributed by atoms with Crippen molar-refractivity contribution in [3.8, 4) is 11.5 Å². The van der Waals surface area contributed by atoms with Gasteiger partial charge in [0.2, 0.25) is 0 Å². The van der Waals surface area contributed by atoms with Crippen LogP contribution in [0.2, 0.25) is 0 Å². The Kier molecular flexibility index (Phi) is 7.28. The van der Waals surface area contributed by atoms with Crippen molar-refractivity contribution >= 4 is 41.0 Å². The predicted octanol–water partition coefficient (Wildman–Crippen LogP) is 2.81. The number of hydrogen-bond acceptors (Lipinski definition) is 4. The third-order valence-electron chi connectivity index (χ3n) is 4.19. The van der Waals surface area contributed by atoms with Crippen LogP contribution in [0.15, 0.2) is 47.5 Å². The number of fused-ring (bicyclic) bond motifs is 1. The monoisotopic (exact) mass is 481 g/mol. The molecule has 0 radical (unpaired) electrons. The largest absolute Gasteiger partial charge is 0.493 e. The molecule has 0 amide bonds. The van der Waals surface area contributed by atoms with Crippen LogP contribution in [0.4, 0.5) is 0 Å². The van der Waals surface area contributed by atoms with E-state index in [0.717, 1.165) is 22.4 Å². The molecular weight excluding hydrogens is 457 g/mol. The van der Waals surface area contributed by atoms with Gasteiger partial charge in [-0.1, -0.05) is 18.2 Å². The number of aromatic nitrogens is 2. The van der Waals surface area contributed by atoms with Crippen molar-refractivity contribution in [2.75, 3.05) is 14.2 Å². The highest BCUT2D eigenvalue weighted by molar-refractivity contribution is 14.0. The molecule has 0 saturated carbocycles. The van der Waals surface area contributed by atoms with E-state index in [1.54, 1.807) is 14.2 Å². The first-order valence-corrected chi connectivity index (χ1v) is 8.27. The van der Waals surface area contributed by atoms with Gasteiger partial charge in [-0.2, -0.15) is 0 Å². The fraction of sp³-hybridized carbons (Fsp3) is 0.263. The molecule has 0 bridgehead atoms. The summed E-state index contributed by atoms with van der Waals surface area (Å²) in [4.78, 5) is 8.98. The van der Waals surface area contributed by atoms with Gasteiger partial charge in [-0.25, -0.2) is 9.98 Å². The van der Waals surface area contributed by atoms with Gasteiger partial charge in [-0.15, -0.1) is 24.0 Å². The van der Waals surface area contributed by atoms with Crippen LogP contribution in [0, 0.1) is 0 Å². The van der Waals surface area contributed by atoms with Crippen molar-refractivity contribution in [2.24, 2.45) is 17.8 Å². The van der Waals surface area contributed by atoms with Crippen LogP contribution in [0.1, 0.15) is 11.4 Å². The number of benzene rings is 2. The average molecular weight is 481 g/mol. The SMILES string of the molecule is COc1ccc(CN=C(N)NCc2nc3ccccc3n2C)cc1OC.I. The molecule has 0 fully saturated rings. The summed E-state index contributed by atoms with van der Waals surface area (Å²) in [5, 5.41) is 3.11. The lowest BCUT2D eigenvalue weighted by atomic mass is 10.2. The van der Waals surface area contributed by atoms with Crippen molar-refractivity contribution in [1.29, 1.82) is 0 Å². The molecule has 2 aromatic carbocycles. The summed E-state index contributed by atoms with van der Waals surface area (Å²) in [5.74, 6) is 2.63. The summed E-state index contributed by atoms with van der Waals surface area (Å²) in [7, 11) is 5.21. The summed E-state index contributed by atoms with van der Waals surface area (Å²) < 4.78 is 12.6. The van der Waals surface area contributed by atoms with Gasteiger partial charge in [0.1, 0.15) is 5.82 Å². The molecule has 3 rings (SSSR count). The second-order valence-corrected chi connectivity index (χ2v) is 5.82. The maximum absolute atomic E-state index is 5.99. The molecule has 0 unspecified atom stereocenters. The number of methoxy groups -OCH3 is 2. The molecule has 144 valence electrons. The molecule has 3 aromatic rings. The summed E-state index contributed by atoms with van der Waals surface area (Å²) in [5.41, 5.74) is 9.02. The zero-order valence-corrected chi connectivity index (χ0v) is 17.9. The quantitative estimate of drug-likeness (QED) is 0.321. The number of guanidine groups is 1. The standard InChI is InChI=1S/C19H23N5O2.HI/c1-24-15-7-5-4-6-14(15)23-18(24)12-22-19(20)21-11-13-8-9-16(25-2)17(10-13)26-3;/h4-10H,11-12H2,1-3H3,(H3,20,21,22);1H. The topological polar surface area (TPSA) is 86.7 Å². The molecule has 1 aromatic heterocycles. The van der Waals surface area contributed by atoms with E-state index in [2.05, 4.69) is 15.3 Å². The minimum atomic E-state index is 0. The second-order valence-electron chi connectivity index (χ2n) is 5.82. The number of ether oxygens (including phenoxy) is 2. The Morgan fingerprint density at radius 3 is 2.59 bits per heavy atom. The summed E-state index contributed by atoms with van der Waals surface area (Å²) in [6, 6.07) is 13.7. The number of aliphatic imine (C=N–C) groups is 1. The van der Waals surface area contributed by atoms with Crippen LogP contribution in [0.3, 0.4) is 0 Å². The first-order valence-electron chi connectivity index (χ1n) is 8.27. The Hall–Kier alpha value is -2.49. The van der Waals surface area contributed by atoms with E-state index in [0.29, 0.717) is 30.5 Å². The minimum Gasteiger partial charge on any atom is -0.493 e. The lowest BCUT2D eigenvalue weighted by Gasteiger charge is -2.09. The van der Waals surface area contributed by atoms with E-state index in [1.807, 2.05) is 54.1 Å². The number of imidazole rings is 1. The molecule has 0 saturated heterocycles. The minimum absolute atomic E-state index is 0. The van der Waals surface area contributed by atoms with Crippen LogP contribution < -0.4 is 20.5 Å². The first kappa shape index (κ1) is 20.8. The van der Waals surface area contributed by atoms with E-state index in [9.17, 15) is 0 Å². The molecule has 1 heterocycles. The molecular formula is C19H24IN5O2. The van der Waals surface area contributed by atoms with Crippen LogP contribution >= 0.6 is 24.0 Å². The van der Waals surface area contributed by atoms with E-state index in [1.165, 1.54) is 0 Å². The zero-order valence-electron chi connectivity index (χ0n) is 15.6. The van der Waals surface area contributed by atoms with Crippen molar-refractivity contribution in [1.82, 2.24) is 14.9 Å². The van der Waals surface area contributed by atoms with Crippen LogP contribution in [-0.4, -0.2) is 29.7 Å². The van der Waals surface area contributed by atoms with Crippen LogP contribution in [0.25, 0.3) is 11.0 Å². The lowest BCUT2D eigenvalue weighted by molar-refractivity contribution is 0.354. The summed E-state index contributed by atoms with van der Waals surface area (Å²) in [6.45, 7) is 0.953. The molecule has 7 nitrogen and oxygen atoms in total. The maximum atomic E-state index is 5.99. The van der Waals surface area contributed by atoms with E-state index in [-0.39, 0.29) is 24.0 Å². The number of halogens is 1. The normalized spacial score (nSPS) is 11.1. The first-order chi connectivity index (χ1) is 12.6. The van der Waals surface area contributed by atoms with E-state index >= 15 is 0 Å². The maximum Gasteiger partial charge on any atom is 0.189 e. The van der Waals surface area contributed by atoms with Crippen LogP contribution in [-0.2, 0) is 20.1 Å². The number of para-hydroxylation sites is 2. The van der Waals surface area contributed by atoms with Gasteiger partial charge in [-0.3, -0.25) is 0 Å². The molecule has 3 N–H and O–H groups in total. The number of nitrogens with one attached hydrogen (secondary N) is 1. The Bertz CT molecular complexity index is 939. The summed E-state index contributed by atoms with van der Waals surface area (Å²) >= 11 is 0. The Labute approximate surface area is 175 Å². The Balaban J connectivity index is 0.00000261. The third-order valence-corrected chi connectivity index (χ3v) is 4.19. The molecule has 8 heteroatoms. The molecule has 0 aliphatic carbocycles. The fourth-order valence-corrected chi connectivity index (χ4v) is 2.73. The van der Waals surface area contributed by atoms with Gasteiger partial charge in [0.05, 0.1) is 38.3 Å². The van der Waals surface area contributed by atoms with Gasteiger partial charge < -0.3 is 25.1 Å². The van der Waals surface area contributed by atoms with Crippen molar-refractivity contribution in [3.05, 3.63) is 53.9 Å². The highest BCUT2D eigenvalue weighted by atomic mass is 127. The average Bonchev–Trinajstić information content (AvgIpc) is 3.00. The van der Waals surface area contributed by atoms with Crippen molar-refractivity contribution in [3.63, 3.8) is 0 Å².